The summed E-state index contributed by atoms with van der Waals surface area (Å²) in [4.78, 5) is 45.7. The quantitative estimate of drug-likeness (QED) is 0.220. The smallest absolute Gasteiger partial charge is 0.268 e. The molecule has 0 saturated carbocycles. The molecule has 3 aromatic carbocycles. The number of hydrogen-bond acceptors (Lipinski definition) is 5. The summed E-state index contributed by atoms with van der Waals surface area (Å²) in [5.74, 6) is -0.614. The number of hydrogen-bond donors (Lipinski definition) is 2. The third-order valence-electron chi connectivity index (χ3n) is 7.12. The minimum Gasteiger partial charge on any atom is -0.370 e. The molecule has 0 aliphatic rings. The summed E-state index contributed by atoms with van der Waals surface area (Å²) < 4.78 is 1.76. The van der Waals surface area contributed by atoms with Gasteiger partial charge in [0.25, 0.3) is 11.8 Å². The van der Waals surface area contributed by atoms with E-state index < -0.39 is 5.91 Å². The number of rotatable bonds is 8. The normalized spacial score (nSPS) is 11.4. The fraction of sp³-hybridized carbons (Fsp3) is 0.212. The minimum atomic E-state index is -0.459. The zero-order valence-corrected chi connectivity index (χ0v) is 24.9. The van der Waals surface area contributed by atoms with E-state index in [1.165, 1.54) is 16.9 Å². The fourth-order valence-corrected chi connectivity index (χ4v) is 5.58. The predicted octanol–water partition coefficient (Wildman–Crippen LogP) is 6.47. The molecule has 5 aromatic rings. The maximum Gasteiger partial charge on any atom is 0.268 e. The first-order chi connectivity index (χ1) is 20.0. The first-order valence-electron chi connectivity index (χ1n) is 13.6. The highest BCUT2D eigenvalue weighted by Gasteiger charge is 2.20. The number of carbonyl (C=O) groups excluding carboxylic acids is 3. The third-order valence-corrected chi connectivity index (χ3v) is 8.25. The van der Waals surface area contributed by atoms with Crippen LogP contribution >= 0.6 is 11.3 Å². The van der Waals surface area contributed by atoms with Crippen molar-refractivity contribution in [2.24, 2.45) is 5.73 Å². The second-order valence-corrected chi connectivity index (χ2v) is 12.2. The molecule has 5 rings (SSSR count). The molecule has 42 heavy (non-hydrogen) atoms. The van der Waals surface area contributed by atoms with Gasteiger partial charge in [0.05, 0.1) is 15.9 Å². The number of benzene rings is 3. The van der Waals surface area contributed by atoms with Crippen molar-refractivity contribution in [1.29, 1.82) is 0 Å². The molecule has 8 nitrogen and oxygen atoms in total. The van der Waals surface area contributed by atoms with Gasteiger partial charge in [0.2, 0.25) is 11.9 Å². The van der Waals surface area contributed by atoms with E-state index in [0.29, 0.717) is 33.1 Å². The molecule has 0 unspecified atom stereocenters. The Kier molecular flexibility index (Phi) is 7.95. The van der Waals surface area contributed by atoms with Crippen LogP contribution in [0.4, 0.5) is 11.6 Å². The molecule has 9 heteroatoms. The second-order valence-electron chi connectivity index (χ2n) is 11.2. The van der Waals surface area contributed by atoms with E-state index in [2.05, 4.69) is 55.3 Å². The standard InChI is InChI=1S/C33H33N5O3S/c1-33(2,3)23-12-10-21(11-13-23)27-16-17-28(42-27)30(40)36-32-35-25-20-24(14-15-26(25)38(32)19-18-29(34)39)37(4)31(41)22-8-6-5-7-9-22/h5-17,20H,18-19H2,1-4H3,(H2,34,39)(H,35,36,40). The highest BCUT2D eigenvalue weighted by Crippen LogP contribution is 2.32. The predicted molar refractivity (Wildman–Crippen MR) is 169 cm³/mol. The van der Waals surface area contributed by atoms with Gasteiger partial charge >= 0.3 is 0 Å². The van der Waals surface area contributed by atoms with E-state index in [1.807, 2.05) is 36.4 Å². The highest BCUT2D eigenvalue weighted by atomic mass is 32.1. The molecule has 214 valence electrons. The summed E-state index contributed by atoms with van der Waals surface area (Å²) >= 11 is 1.40. The Morgan fingerprint density at radius 2 is 1.67 bits per heavy atom. The molecule has 0 aliphatic heterocycles. The van der Waals surface area contributed by atoms with Gasteiger partial charge in [-0.3, -0.25) is 19.7 Å². The zero-order valence-electron chi connectivity index (χ0n) is 24.0. The van der Waals surface area contributed by atoms with Crippen molar-refractivity contribution in [3.8, 4) is 10.4 Å². The summed E-state index contributed by atoms with van der Waals surface area (Å²) in [7, 11) is 1.70. The van der Waals surface area contributed by atoms with E-state index in [-0.39, 0.29) is 30.2 Å². The number of aromatic nitrogens is 2. The number of imidazole rings is 1. The number of fused-ring (bicyclic) bond motifs is 1. The molecule has 0 spiro atoms. The lowest BCUT2D eigenvalue weighted by molar-refractivity contribution is -0.118. The molecule has 0 bridgehead atoms. The number of aryl methyl sites for hydroxylation is 1. The van der Waals surface area contributed by atoms with E-state index in [4.69, 9.17) is 5.73 Å². The number of anilines is 2. The van der Waals surface area contributed by atoms with Gasteiger partial charge in [0.1, 0.15) is 0 Å². The number of nitrogens with two attached hydrogens (primary N) is 1. The average Bonchev–Trinajstić information content (AvgIpc) is 3.60. The topological polar surface area (TPSA) is 110 Å². The molecule has 3 amide bonds. The summed E-state index contributed by atoms with van der Waals surface area (Å²) in [5.41, 5.74) is 10.3. The SMILES string of the molecule is CN(C(=O)c1ccccc1)c1ccc2c(c1)nc(NC(=O)c1ccc(-c3ccc(C(C)(C)C)cc3)s1)n2CCC(N)=O. The number of primary amides is 1. The van der Waals surface area contributed by atoms with Crippen LogP contribution in [-0.2, 0) is 16.8 Å². The Hall–Kier alpha value is -4.76. The number of carbonyl (C=O) groups is 3. The monoisotopic (exact) mass is 579 g/mol. The van der Waals surface area contributed by atoms with Gasteiger partial charge in [0, 0.05) is 36.1 Å². The molecular formula is C33H33N5O3S. The molecule has 0 radical (unpaired) electrons. The van der Waals surface area contributed by atoms with Gasteiger partial charge in [-0.25, -0.2) is 4.98 Å². The lowest BCUT2D eigenvalue weighted by Gasteiger charge is -2.18. The van der Waals surface area contributed by atoms with Crippen LogP contribution in [-0.4, -0.2) is 34.3 Å². The van der Waals surface area contributed by atoms with Crippen molar-refractivity contribution in [2.45, 2.75) is 39.2 Å². The number of amides is 3. The maximum atomic E-state index is 13.3. The van der Waals surface area contributed by atoms with Gasteiger partial charge in [-0.2, -0.15) is 0 Å². The summed E-state index contributed by atoms with van der Waals surface area (Å²) in [5, 5.41) is 2.92. The van der Waals surface area contributed by atoms with E-state index in [9.17, 15) is 14.4 Å². The van der Waals surface area contributed by atoms with Gasteiger partial charge in [-0.05, 0) is 59.0 Å². The van der Waals surface area contributed by atoms with Crippen LogP contribution in [0.25, 0.3) is 21.5 Å². The number of thiophene rings is 1. The lowest BCUT2D eigenvalue weighted by atomic mass is 9.86. The Labute approximate surface area is 248 Å². The average molecular weight is 580 g/mol. The molecule has 2 aromatic heterocycles. The van der Waals surface area contributed by atoms with Crippen molar-refractivity contribution in [2.75, 3.05) is 17.3 Å². The highest BCUT2D eigenvalue weighted by molar-refractivity contribution is 7.17. The van der Waals surface area contributed by atoms with Crippen molar-refractivity contribution in [3.63, 3.8) is 0 Å². The molecule has 0 aliphatic carbocycles. The van der Waals surface area contributed by atoms with Gasteiger partial charge in [-0.15, -0.1) is 11.3 Å². The van der Waals surface area contributed by atoms with Crippen LogP contribution in [0.3, 0.4) is 0 Å². The van der Waals surface area contributed by atoms with Crippen LogP contribution in [0.2, 0.25) is 0 Å². The molecule has 0 fully saturated rings. The molecule has 0 atom stereocenters. The number of nitrogens with zero attached hydrogens (tertiary/aromatic N) is 3. The third kappa shape index (κ3) is 6.11. The Bertz CT molecular complexity index is 1770. The van der Waals surface area contributed by atoms with E-state index >= 15 is 0 Å². The number of nitrogens with one attached hydrogen (secondary N) is 1. The molecule has 0 saturated heterocycles. The first kappa shape index (κ1) is 28.8. The second kappa shape index (κ2) is 11.6. The van der Waals surface area contributed by atoms with Crippen molar-refractivity contribution < 1.29 is 14.4 Å². The summed E-state index contributed by atoms with van der Waals surface area (Å²) in [6.45, 7) is 6.77. The van der Waals surface area contributed by atoms with Gasteiger partial charge in [0.15, 0.2) is 0 Å². The van der Waals surface area contributed by atoms with Crippen LogP contribution in [0.5, 0.6) is 0 Å². The molecule has 2 heterocycles. The van der Waals surface area contributed by atoms with Crippen LogP contribution in [0, 0.1) is 0 Å². The zero-order chi connectivity index (χ0) is 30.0. The molecular weight excluding hydrogens is 546 g/mol. The Morgan fingerprint density at radius 1 is 0.952 bits per heavy atom. The van der Waals surface area contributed by atoms with Crippen LogP contribution < -0.4 is 16.0 Å². The maximum absolute atomic E-state index is 13.3. The van der Waals surface area contributed by atoms with Crippen molar-refractivity contribution in [3.05, 3.63) is 101 Å². The summed E-state index contributed by atoms with van der Waals surface area (Å²) in [6, 6.07) is 26.6. The fourth-order valence-electron chi connectivity index (χ4n) is 4.67. The van der Waals surface area contributed by atoms with E-state index in [1.54, 1.807) is 40.8 Å². The Morgan fingerprint density at radius 3 is 2.33 bits per heavy atom. The molecule has 3 N–H and O–H groups in total. The first-order valence-corrected chi connectivity index (χ1v) is 14.5. The van der Waals surface area contributed by atoms with Crippen molar-refractivity contribution in [1.82, 2.24) is 9.55 Å². The minimum absolute atomic E-state index is 0.0621. The van der Waals surface area contributed by atoms with E-state index in [0.717, 1.165) is 10.4 Å². The van der Waals surface area contributed by atoms with Gasteiger partial charge < -0.3 is 15.2 Å². The van der Waals surface area contributed by atoms with Crippen LogP contribution in [0.1, 0.15) is 52.8 Å². The largest absolute Gasteiger partial charge is 0.370 e. The van der Waals surface area contributed by atoms with Gasteiger partial charge in [-0.1, -0.05) is 63.2 Å². The lowest BCUT2D eigenvalue weighted by Crippen LogP contribution is -2.26. The Balaban J connectivity index is 1.41. The van der Waals surface area contributed by atoms with Crippen LogP contribution in [0.15, 0.2) is 84.9 Å². The van der Waals surface area contributed by atoms with Crippen molar-refractivity contribution >= 4 is 51.7 Å². The summed E-state index contributed by atoms with van der Waals surface area (Å²) in [6.07, 6.45) is 0.0796.